The second-order valence-electron chi connectivity index (χ2n) is 14.5. The summed E-state index contributed by atoms with van der Waals surface area (Å²) in [6, 6.07) is 37.0. The van der Waals surface area contributed by atoms with Crippen LogP contribution >= 0.6 is 0 Å². The minimum atomic E-state index is -4.04. The highest BCUT2D eigenvalue weighted by atomic mass is 32.2. The Balaban J connectivity index is 1.46. The first-order chi connectivity index (χ1) is 27.0. The molecule has 0 aliphatic carbocycles. The van der Waals surface area contributed by atoms with Gasteiger partial charge in [0.1, 0.15) is 11.4 Å². The molecule has 306 valence electrons. The van der Waals surface area contributed by atoms with E-state index in [4.69, 9.17) is 18.6 Å². The Morgan fingerprint density at radius 1 is 0.536 bits per heavy atom. The van der Waals surface area contributed by atoms with Gasteiger partial charge in [0.25, 0.3) is 20.2 Å². The molecule has 11 heteroatoms. The van der Waals surface area contributed by atoms with Gasteiger partial charge < -0.3 is 14.4 Å². The predicted octanol–water partition coefficient (Wildman–Crippen LogP) is 9.90. The Labute approximate surface area is 336 Å². The van der Waals surface area contributed by atoms with Crippen molar-refractivity contribution in [3.8, 4) is 5.75 Å². The summed E-state index contributed by atoms with van der Waals surface area (Å²) in [5.74, 6) is 0.221. The molecule has 9 nitrogen and oxygen atoms in total. The molecule has 4 rings (SSSR count). The summed E-state index contributed by atoms with van der Waals surface area (Å²) >= 11 is 0. The minimum Gasteiger partial charge on any atom is -0.494 e. The molecule has 0 spiro atoms. The van der Waals surface area contributed by atoms with Gasteiger partial charge in [0.05, 0.1) is 24.7 Å². The van der Waals surface area contributed by atoms with Crippen molar-refractivity contribution in [2.45, 2.75) is 96.0 Å². The lowest BCUT2D eigenvalue weighted by Gasteiger charge is -2.36. The molecule has 0 atom stereocenters. The van der Waals surface area contributed by atoms with Crippen LogP contribution in [0.1, 0.15) is 106 Å². The zero-order valence-electron chi connectivity index (χ0n) is 32.9. The zero-order valence-corrected chi connectivity index (χ0v) is 34.6. The van der Waals surface area contributed by atoms with Crippen LogP contribution in [0.15, 0.2) is 109 Å². The van der Waals surface area contributed by atoms with Crippen molar-refractivity contribution in [1.82, 2.24) is 0 Å². The van der Waals surface area contributed by atoms with Crippen LogP contribution < -0.4 is 9.64 Å². The zero-order chi connectivity index (χ0) is 40.1. The van der Waals surface area contributed by atoms with Gasteiger partial charge in [0, 0.05) is 18.8 Å². The molecule has 2 N–H and O–H groups in total. The highest BCUT2D eigenvalue weighted by Crippen LogP contribution is 2.41. The summed E-state index contributed by atoms with van der Waals surface area (Å²) in [6.45, 7) is 4.44. The number of nitrogens with zero attached hydrogens (tertiary/aromatic N) is 1. The van der Waals surface area contributed by atoms with Gasteiger partial charge in [0.15, 0.2) is 0 Å². The van der Waals surface area contributed by atoms with Crippen LogP contribution in [-0.2, 0) is 37.0 Å². The minimum absolute atomic E-state index is 0.301. The van der Waals surface area contributed by atoms with Gasteiger partial charge in [-0.25, -0.2) is 0 Å². The molecule has 0 aliphatic rings. The molecular weight excluding hydrogens is 747 g/mol. The first-order valence-electron chi connectivity index (χ1n) is 20.2. The van der Waals surface area contributed by atoms with E-state index in [0.29, 0.717) is 58.4 Å². The average molecular weight is 808 g/mol. The van der Waals surface area contributed by atoms with Gasteiger partial charge in [-0.15, -0.1) is 0 Å². The lowest BCUT2D eigenvalue weighted by atomic mass is 9.80. The Morgan fingerprint density at radius 3 is 1.52 bits per heavy atom. The lowest BCUT2D eigenvalue weighted by molar-refractivity contribution is 0.0147. The van der Waals surface area contributed by atoms with Crippen molar-refractivity contribution in [3.05, 3.63) is 131 Å². The Morgan fingerprint density at radius 2 is 1.02 bits per heavy atom. The topological polar surface area (TPSA) is 130 Å². The molecular formula is C45H61NO8S2. The van der Waals surface area contributed by atoms with E-state index in [0.717, 1.165) is 40.1 Å². The maximum Gasteiger partial charge on any atom is 0.264 e. The van der Waals surface area contributed by atoms with Gasteiger partial charge >= 0.3 is 0 Å². The summed E-state index contributed by atoms with van der Waals surface area (Å²) < 4.78 is 76.4. The van der Waals surface area contributed by atoms with Crippen molar-refractivity contribution in [2.24, 2.45) is 0 Å². The maximum absolute atomic E-state index is 11.2. The third-order valence-corrected chi connectivity index (χ3v) is 11.7. The standard InChI is InChI=1S/C45H61NO8S2/c1-2-3-4-5-6-7-8-17-35-53-44-30-26-42(27-31-44)45(40-20-11-9-12-21-40,41-22-13-10-14-23-41)54-36-32-39-24-28-43(29-25-39)46(33-15-18-37-55(47,48)49)34-16-19-38-56(50,51)52/h9-14,20-31H,2-8,15-19,32-38H2,1H3,(H,47,48,49)(H,50,51,52). The Hall–Kier alpha value is -3.74. The molecule has 4 aromatic rings. The Bertz CT molecular complexity index is 1810. The van der Waals surface area contributed by atoms with E-state index in [2.05, 4.69) is 48.2 Å². The van der Waals surface area contributed by atoms with E-state index >= 15 is 0 Å². The number of rotatable bonds is 28. The van der Waals surface area contributed by atoms with Crippen molar-refractivity contribution < 1.29 is 35.4 Å². The van der Waals surface area contributed by atoms with Crippen LogP contribution in [0.3, 0.4) is 0 Å². The lowest BCUT2D eigenvalue weighted by Crippen LogP contribution is -2.33. The van der Waals surface area contributed by atoms with Crippen LogP contribution in [0, 0.1) is 0 Å². The van der Waals surface area contributed by atoms with Gasteiger partial charge in [-0.3, -0.25) is 9.11 Å². The first kappa shape index (κ1) is 45.0. The third kappa shape index (κ3) is 15.7. The van der Waals surface area contributed by atoms with Crippen molar-refractivity contribution >= 4 is 25.9 Å². The smallest absolute Gasteiger partial charge is 0.264 e. The third-order valence-electron chi connectivity index (χ3n) is 10.1. The van der Waals surface area contributed by atoms with Crippen LogP contribution in [0.2, 0.25) is 0 Å². The van der Waals surface area contributed by atoms with Crippen LogP contribution in [0.4, 0.5) is 5.69 Å². The summed E-state index contributed by atoms with van der Waals surface area (Å²) in [4.78, 5) is 2.08. The quantitative estimate of drug-likeness (QED) is 0.0327. The van der Waals surface area contributed by atoms with Gasteiger partial charge in [-0.05, 0) is 85.0 Å². The van der Waals surface area contributed by atoms with Crippen molar-refractivity contribution in [3.63, 3.8) is 0 Å². The molecule has 0 aliphatic heterocycles. The molecule has 0 amide bonds. The summed E-state index contributed by atoms with van der Waals surface area (Å²) in [6.07, 6.45) is 12.4. The van der Waals surface area contributed by atoms with Crippen LogP contribution in [-0.4, -0.2) is 63.8 Å². The SMILES string of the molecule is CCCCCCCCCCOc1ccc(C(OCCc2ccc(N(CCCCS(=O)(=O)O)CCCCS(=O)(=O)O)cc2)(c2ccccc2)c2ccccc2)cc1. The molecule has 0 aromatic heterocycles. The molecule has 0 unspecified atom stereocenters. The fourth-order valence-electron chi connectivity index (χ4n) is 7.05. The van der Waals surface area contributed by atoms with E-state index in [1.54, 1.807) is 0 Å². The van der Waals surface area contributed by atoms with Gasteiger partial charge in [0.2, 0.25) is 0 Å². The average Bonchev–Trinajstić information content (AvgIpc) is 3.19. The number of unbranched alkanes of at least 4 members (excludes halogenated alkanes) is 9. The number of hydrogen-bond donors (Lipinski definition) is 2. The molecule has 0 bridgehead atoms. The molecule has 0 saturated heterocycles. The van der Waals surface area contributed by atoms with Gasteiger partial charge in [-0.2, -0.15) is 16.8 Å². The largest absolute Gasteiger partial charge is 0.494 e. The number of anilines is 1. The van der Waals surface area contributed by atoms with E-state index in [1.165, 1.54) is 44.9 Å². The van der Waals surface area contributed by atoms with Crippen molar-refractivity contribution in [1.29, 1.82) is 0 Å². The molecule has 4 aromatic carbocycles. The first-order valence-corrected chi connectivity index (χ1v) is 23.4. The highest BCUT2D eigenvalue weighted by molar-refractivity contribution is 7.86. The monoisotopic (exact) mass is 807 g/mol. The van der Waals surface area contributed by atoms with E-state index in [9.17, 15) is 16.8 Å². The molecule has 0 fully saturated rings. The summed E-state index contributed by atoms with van der Waals surface area (Å²) in [5.41, 5.74) is 4.16. The highest BCUT2D eigenvalue weighted by Gasteiger charge is 2.37. The molecule has 0 heterocycles. The van der Waals surface area contributed by atoms with Crippen molar-refractivity contribution in [2.75, 3.05) is 42.7 Å². The van der Waals surface area contributed by atoms with Gasteiger partial charge in [-0.1, -0.05) is 137 Å². The summed E-state index contributed by atoms with van der Waals surface area (Å²) in [7, 11) is -8.09. The second kappa shape index (κ2) is 23.5. The fourth-order valence-corrected chi connectivity index (χ4v) is 8.19. The summed E-state index contributed by atoms with van der Waals surface area (Å²) in [5, 5.41) is 0. The number of hydrogen-bond acceptors (Lipinski definition) is 7. The maximum atomic E-state index is 11.2. The number of benzene rings is 4. The fraction of sp³-hybridized carbons (Fsp3) is 0.467. The van der Waals surface area contributed by atoms with E-state index in [1.807, 2.05) is 72.8 Å². The van der Waals surface area contributed by atoms with Crippen LogP contribution in [0.25, 0.3) is 0 Å². The predicted molar refractivity (Wildman–Crippen MR) is 227 cm³/mol. The molecule has 0 radical (unpaired) electrons. The van der Waals surface area contributed by atoms with E-state index in [-0.39, 0.29) is 11.5 Å². The molecule has 0 saturated carbocycles. The normalized spacial score (nSPS) is 12.1. The molecule has 56 heavy (non-hydrogen) atoms. The second-order valence-corrected chi connectivity index (χ2v) is 17.6. The Kier molecular flexibility index (Phi) is 18.9. The number of ether oxygens (including phenoxy) is 2. The van der Waals surface area contributed by atoms with E-state index < -0.39 is 25.8 Å². The van der Waals surface area contributed by atoms with Crippen LogP contribution in [0.5, 0.6) is 5.75 Å².